The molecule has 0 aromatic rings. The van der Waals surface area contributed by atoms with Gasteiger partial charge >= 0.3 is 5.97 Å². The van der Waals surface area contributed by atoms with Crippen LogP contribution >= 0.6 is 0 Å². The molecule has 0 N–H and O–H groups in total. The van der Waals surface area contributed by atoms with Crippen LogP contribution in [-0.2, 0) is 9.53 Å². The molecule has 0 aromatic heterocycles. The first-order valence-corrected chi connectivity index (χ1v) is 4.76. The third kappa shape index (κ3) is 7.58. The molecule has 0 rings (SSSR count). The smallest absolute Gasteiger partial charge is 0.305 e. The van der Waals surface area contributed by atoms with Gasteiger partial charge in [0.25, 0.3) is 0 Å². The molecule has 0 heterocycles. The Morgan fingerprint density at radius 3 is 2.67 bits per heavy atom. The van der Waals surface area contributed by atoms with Crippen molar-refractivity contribution < 1.29 is 9.53 Å². The average Bonchev–Trinajstić information content (AvgIpc) is 2.09. The zero-order chi connectivity index (χ0) is 9.23. The molecule has 0 atom stereocenters. The summed E-state index contributed by atoms with van der Waals surface area (Å²) in [7, 11) is 0. The topological polar surface area (TPSA) is 26.3 Å². The van der Waals surface area contributed by atoms with Gasteiger partial charge in [-0.25, -0.2) is 0 Å². The predicted octanol–water partition coefficient (Wildman–Crippen LogP) is 2.72. The van der Waals surface area contributed by atoms with Gasteiger partial charge in [0.2, 0.25) is 0 Å². The van der Waals surface area contributed by atoms with Crippen molar-refractivity contribution in [1.29, 1.82) is 0 Å². The third-order valence-corrected chi connectivity index (χ3v) is 1.64. The Balaban J connectivity index is 3.08. The van der Waals surface area contributed by atoms with Gasteiger partial charge in [0.15, 0.2) is 0 Å². The van der Waals surface area contributed by atoms with E-state index < -0.39 is 0 Å². The van der Waals surface area contributed by atoms with Gasteiger partial charge in [0.1, 0.15) is 0 Å². The molecule has 1 radical (unpaired) electrons. The summed E-state index contributed by atoms with van der Waals surface area (Å²) >= 11 is 0. The lowest BCUT2D eigenvalue weighted by molar-refractivity contribution is -0.143. The van der Waals surface area contributed by atoms with E-state index in [0.29, 0.717) is 13.0 Å². The van der Waals surface area contributed by atoms with E-state index in [1.165, 1.54) is 0 Å². The van der Waals surface area contributed by atoms with Crippen molar-refractivity contribution in [3.63, 3.8) is 0 Å². The van der Waals surface area contributed by atoms with E-state index >= 15 is 0 Å². The maximum absolute atomic E-state index is 10.9. The molecule has 12 heavy (non-hydrogen) atoms. The van der Waals surface area contributed by atoms with Crippen molar-refractivity contribution in [2.75, 3.05) is 6.61 Å². The standard InChI is InChI=1S/C10H19O2/c1-3-5-7-9-12-10(11)8-6-4-2/h1,3-9H2,2H3. The van der Waals surface area contributed by atoms with Crippen molar-refractivity contribution in [2.45, 2.75) is 45.4 Å². The summed E-state index contributed by atoms with van der Waals surface area (Å²) in [6.07, 6.45) is 5.47. The lowest BCUT2D eigenvalue weighted by Crippen LogP contribution is -2.05. The number of carbonyl (C=O) groups is 1. The average molecular weight is 171 g/mol. The SMILES string of the molecule is [CH2]CCCCOC(=O)CCCC. The molecule has 0 unspecified atom stereocenters. The predicted molar refractivity (Wildman–Crippen MR) is 49.7 cm³/mol. The van der Waals surface area contributed by atoms with E-state index in [9.17, 15) is 4.79 Å². The number of carbonyl (C=O) groups excluding carboxylic acids is 1. The number of hydrogen-bond acceptors (Lipinski definition) is 2. The van der Waals surface area contributed by atoms with Crippen molar-refractivity contribution in [2.24, 2.45) is 0 Å². The molecule has 0 aliphatic rings. The van der Waals surface area contributed by atoms with Gasteiger partial charge in [0.05, 0.1) is 6.61 Å². The van der Waals surface area contributed by atoms with E-state index in [1.807, 2.05) is 0 Å². The van der Waals surface area contributed by atoms with Gasteiger partial charge in [0, 0.05) is 6.42 Å². The normalized spacial score (nSPS) is 9.83. The van der Waals surface area contributed by atoms with E-state index in [2.05, 4.69) is 13.8 Å². The summed E-state index contributed by atoms with van der Waals surface area (Å²) in [6.45, 7) is 6.34. The first-order chi connectivity index (χ1) is 5.81. The third-order valence-electron chi connectivity index (χ3n) is 1.64. The van der Waals surface area contributed by atoms with Crippen molar-refractivity contribution >= 4 is 5.97 Å². The Hall–Kier alpha value is -0.530. The summed E-state index contributed by atoms with van der Waals surface area (Å²) in [5, 5.41) is 0. The van der Waals surface area contributed by atoms with Crippen LogP contribution in [-0.4, -0.2) is 12.6 Å². The number of esters is 1. The van der Waals surface area contributed by atoms with Gasteiger partial charge in [-0.05, 0) is 12.8 Å². The van der Waals surface area contributed by atoms with Crippen LogP contribution in [0.3, 0.4) is 0 Å². The van der Waals surface area contributed by atoms with E-state index in [0.717, 1.165) is 32.1 Å². The molecule has 0 spiro atoms. The number of ether oxygens (including phenoxy) is 1. The molecule has 0 saturated carbocycles. The molecular formula is C10H19O2. The van der Waals surface area contributed by atoms with Crippen LogP contribution in [0.4, 0.5) is 0 Å². The van der Waals surface area contributed by atoms with Crippen LogP contribution in [0.5, 0.6) is 0 Å². The maximum Gasteiger partial charge on any atom is 0.305 e. The van der Waals surface area contributed by atoms with Crippen LogP contribution in [0, 0.1) is 6.92 Å². The minimum Gasteiger partial charge on any atom is -0.466 e. The van der Waals surface area contributed by atoms with Gasteiger partial charge in [-0.15, -0.1) is 0 Å². The number of rotatable bonds is 7. The first kappa shape index (κ1) is 11.5. The number of hydrogen-bond donors (Lipinski definition) is 0. The lowest BCUT2D eigenvalue weighted by Gasteiger charge is -2.02. The molecule has 0 aromatic carbocycles. The Morgan fingerprint density at radius 2 is 2.08 bits per heavy atom. The molecule has 0 bridgehead atoms. The minimum absolute atomic E-state index is 0.0547. The molecule has 0 aliphatic heterocycles. The molecule has 0 amide bonds. The molecule has 0 fully saturated rings. The molecule has 2 nitrogen and oxygen atoms in total. The highest BCUT2D eigenvalue weighted by atomic mass is 16.5. The van der Waals surface area contributed by atoms with Gasteiger partial charge < -0.3 is 4.74 Å². The monoisotopic (exact) mass is 171 g/mol. The summed E-state index contributed by atoms with van der Waals surface area (Å²) in [6, 6.07) is 0. The highest BCUT2D eigenvalue weighted by Gasteiger charge is 1.99. The van der Waals surface area contributed by atoms with Crippen LogP contribution in [0.2, 0.25) is 0 Å². The fourth-order valence-corrected chi connectivity index (χ4v) is 0.858. The van der Waals surface area contributed by atoms with Crippen LogP contribution < -0.4 is 0 Å². The van der Waals surface area contributed by atoms with Crippen LogP contribution in [0.15, 0.2) is 0 Å². The van der Waals surface area contributed by atoms with Crippen molar-refractivity contribution in [3.05, 3.63) is 6.92 Å². The molecule has 0 aliphatic carbocycles. The van der Waals surface area contributed by atoms with Crippen molar-refractivity contribution in [1.82, 2.24) is 0 Å². The van der Waals surface area contributed by atoms with E-state index in [4.69, 9.17) is 4.74 Å². The minimum atomic E-state index is -0.0547. The summed E-state index contributed by atoms with van der Waals surface area (Å²) in [4.78, 5) is 10.9. The van der Waals surface area contributed by atoms with Crippen LogP contribution in [0.25, 0.3) is 0 Å². The van der Waals surface area contributed by atoms with Gasteiger partial charge in [-0.1, -0.05) is 33.1 Å². The second-order valence-corrected chi connectivity index (χ2v) is 2.88. The molecule has 2 heteroatoms. The molecular weight excluding hydrogens is 152 g/mol. The highest BCUT2D eigenvalue weighted by molar-refractivity contribution is 5.69. The fraction of sp³-hybridized carbons (Fsp3) is 0.800. The number of unbranched alkanes of at least 4 members (excludes halogenated alkanes) is 3. The van der Waals surface area contributed by atoms with E-state index in [-0.39, 0.29) is 5.97 Å². The summed E-state index contributed by atoms with van der Waals surface area (Å²) < 4.78 is 4.98. The first-order valence-electron chi connectivity index (χ1n) is 4.76. The summed E-state index contributed by atoms with van der Waals surface area (Å²) in [5.41, 5.74) is 0. The van der Waals surface area contributed by atoms with Gasteiger partial charge in [-0.2, -0.15) is 0 Å². The van der Waals surface area contributed by atoms with Crippen molar-refractivity contribution in [3.8, 4) is 0 Å². The van der Waals surface area contributed by atoms with E-state index in [1.54, 1.807) is 0 Å². The Kier molecular flexibility index (Phi) is 8.19. The fourth-order valence-electron chi connectivity index (χ4n) is 0.858. The molecule has 0 saturated heterocycles. The Labute approximate surface area is 75.3 Å². The second-order valence-electron chi connectivity index (χ2n) is 2.88. The zero-order valence-electron chi connectivity index (χ0n) is 7.97. The quantitative estimate of drug-likeness (QED) is 0.435. The van der Waals surface area contributed by atoms with Crippen LogP contribution in [0.1, 0.15) is 45.4 Å². The van der Waals surface area contributed by atoms with Gasteiger partial charge in [-0.3, -0.25) is 4.79 Å². The Morgan fingerprint density at radius 1 is 1.33 bits per heavy atom. The largest absolute Gasteiger partial charge is 0.466 e. The lowest BCUT2D eigenvalue weighted by atomic mass is 10.2. The Bertz CT molecular complexity index is 110. The zero-order valence-corrected chi connectivity index (χ0v) is 7.97. The highest BCUT2D eigenvalue weighted by Crippen LogP contribution is 1.99. The summed E-state index contributed by atoms with van der Waals surface area (Å²) in [5.74, 6) is -0.0547. The second kappa shape index (κ2) is 8.57. The maximum atomic E-state index is 10.9. The molecule has 71 valence electrons.